The minimum Gasteiger partial charge on any atom is -0.356 e. The molecule has 1 fully saturated rings. The Kier molecular flexibility index (Phi) is 3.23. The number of piperidine rings is 1. The minimum absolute atomic E-state index is 0.0236. The summed E-state index contributed by atoms with van der Waals surface area (Å²) in [6.45, 7) is 3.82. The third-order valence-corrected chi connectivity index (χ3v) is 3.24. The molecular weight excluding hydrogens is 220 g/mol. The van der Waals surface area contributed by atoms with Crippen molar-refractivity contribution in [2.45, 2.75) is 19.4 Å². The maximum atomic E-state index is 10.5. The Morgan fingerprint density at radius 3 is 2.88 bits per heavy atom. The van der Waals surface area contributed by atoms with Gasteiger partial charge in [-0.05, 0) is 18.4 Å². The number of nitrogens with zero attached hydrogens (tertiary/aromatic N) is 3. The summed E-state index contributed by atoms with van der Waals surface area (Å²) in [6.07, 6.45) is 2.23. The number of rotatable bonds is 2. The van der Waals surface area contributed by atoms with Crippen molar-refractivity contribution in [1.29, 1.82) is 0 Å². The zero-order valence-electron chi connectivity index (χ0n) is 9.74. The third kappa shape index (κ3) is 2.52. The molecule has 2 N–H and O–H groups in total. The van der Waals surface area contributed by atoms with Gasteiger partial charge in [0.2, 0.25) is 0 Å². The van der Waals surface area contributed by atoms with Gasteiger partial charge >= 0.3 is 0 Å². The number of nitrogens with two attached hydrogens (primary N) is 1. The lowest BCUT2D eigenvalue weighted by atomic mass is 9.95. The Morgan fingerprint density at radius 2 is 2.35 bits per heavy atom. The molecule has 1 aliphatic rings. The van der Waals surface area contributed by atoms with Crippen molar-refractivity contribution in [2.24, 2.45) is 11.7 Å². The van der Waals surface area contributed by atoms with Crippen LogP contribution in [0, 0.1) is 16.0 Å². The number of hydrogen-bond acceptors (Lipinski definition) is 5. The summed E-state index contributed by atoms with van der Waals surface area (Å²) in [7, 11) is 0. The molecule has 0 aliphatic carbocycles. The number of anilines is 1. The van der Waals surface area contributed by atoms with Gasteiger partial charge in [0.1, 0.15) is 12.0 Å². The van der Waals surface area contributed by atoms with Crippen LogP contribution in [0.1, 0.15) is 13.3 Å². The molecule has 0 spiro atoms. The van der Waals surface area contributed by atoms with E-state index >= 15 is 0 Å². The highest BCUT2D eigenvalue weighted by Gasteiger charge is 2.24. The molecule has 1 saturated heterocycles. The summed E-state index contributed by atoms with van der Waals surface area (Å²) in [6, 6.07) is 3.42. The van der Waals surface area contributed by atoms with E-state index in [1.165, 1.54) is 12.3 Å². The molecule has 6 nitrogen and oxygen atoms in total. The van der Waals surface area contributed by atoms with E-state index in [4.69, 9.17) is 5.73 Å². The molecule has 2 atom stereocenters. The van der Waals surface area contributed by atoms with Crippen LogP contribution in [0.4, 0.5) is 11.5 Å². The summed E-state index contributed by atoms with van der Waals surface area (Å²) >= 11 is 0. The maximum absolute atomic E-state index is 10.5. The van der Waals surface area contributed by atoms with Crippen molar-refractivity contribution in [3.8, 4) is 0 Å². The molecule has 2 heterocycles. The third-order valence-electron chi connectivity index (χ3n) is 3.24. The monoisotopic (exact) mass is 236 g/mol. The van der Waals surface area contributed by atoms with Crippen LogP contribution in [0.15, 0.2) is 18.3 Å². The van der Waals surface area contributed by atoms with Crippen LogP contribution in [0.3, 0.4) is 0 Å². The average Bonchev–Trinajstić information content (AvgIpc) is 2.33. The molecule has 2 unspecified atom stereocenters. The fourth-order valence-electron chi connectivity index (χ4n) is 2.05. The average molecular weight is 236 g/mol. The molecule has 1 aromatic heterocycles. The molecule has 6 heteroatoms. The lowest BCUT2D eigenvalue weighted by Crippen LogP contribution is -2.46. The molecule has 1 aliphatic heterocycles. The van der Waals surface area contributed by atoms with Crippen molar-refractivity contribution in [3.63, 3.8) is 0 Å². The second kappa shape index (κ2) is 4.67. The van der Waals surface area contributed by atoms with E-state index in [2.05, 4.69) is 16.8 Å². The van der Waals surface area contributed by atoms with Crippen LogP contribution < -0.4 is 10.6 Å². The van der Waals surface area contributed by atoms with Crippen LogP contribution >= 0.6 is 0 Å². The van der Waals surface area contributed by atoms with E-state index < -0.39 is 4.92 Å². The minimum atomic E-state index is -0.439. The van der Waals surface area contributed by atoms with Gasteiger partial charge in [-0.2, -0.15) is 0 Å². The van der Waals surface area contributed by atoms with Crippen LogP contribution in [0.2, 0.25) is 0 Å². The van der Waals surface area contributed by atoms with Crippen LogP contribution in [-0.2, 0) is 0 Å². The first-order chi connectivity index (χ1) is 8.08. The van der Waals surface area contributed by atoms with Crippen molar-refractivity contribution >= 4 is 11.5 Å². The van der Waals surface area contributed by atoms with Gasteiger partial charge in [-0.15, -0.1) is 0 Å². The van der Waals surface area contributed by atoms with Crippen molar-refractivity contribution in [2.75, 3.05) is 18.0 Å². The molecule has 1 aromatic rings. The van der Waals surface area contributed by atoms with E-state index in [-0.39, 0.29) is 11.7 Å². The van der Waals surface area contributed by atoms with Gasteiger partial charge in [0.05, 0.1) is 4.92 Å². The van der Waals surface area contributed by atoms with Gasteiger partial charge in [-0.25, -0.2) is 4.98 Å². The molecule has 2 rings (SSSR count). The quantitative estimate of drug-likeness (QED) is 0.615. The van der Waals surface area contributed by atoms with Crippen LogP contribution in [0.5, 0.6) is 0 Å². The normalized spacial score (nSPS) is 24.7. The van der Waals surface area contributed by atoms with Gasteiger partial charge in [0.25, 0.3) is 5.69 Å². The van der Waals surface area contributed by atoms with Gasteiger partial charge in [-0.1, -0.05) is 6.92 Å². The molecular formula is C11H16N4O2. The standard InChI is InChI=1S/C11H16N4O2/c1-8-7-14(5-4-10(8)12)11-3-2-9(6-13-11)15(16)17/h2-3,6,8,10H,4-5,7,12H2,1H3. The summed E-state index contributed by atoms with van der Waals surface area (Å²) in [5, 5.41) is 10.5. The van der Waals surface area contributed by atoms with E-state index in [1.54, 1.807) is 6.07 Å². The highest BCUT2D eigenvalue weighted by Crippen LogP contribution is 2.22. The zero-order chi connectivity index (χ0) is 12.4. The molecule has 0 radical (unpaired) electrons. The first-order valence-corrected chi connectivity index (χ1v) is 5.69. The second-order valence-corrected chi connectivity index (χ2v) is 4.51. The second-order valence-electron chi connectivity index (χ2n) is 4.51. The maximum Gasteiger partial charge on any atom is 0.287 e. The fraction of sp³-hybridized carbons (Fsp3) is 0.545. The SMILES string of the molecule is CC1CN(c2ccc([N+](=O)[O-])cn2)CCC1N. The Labute approximate surface area is 99.6 Å². The molecule has 0 saturated carbocycles. The highest BCUT2D eigenvalue weighted by atomic mass is 16.6. The molecule has 0 aromatic carbocycles. The topological polar surface area (TPSA) is 85.3 Å². The molecule has 92 valence electrons. The predicted octanol–water partition coefficient (Wildman–Crippen LogP) is 1.16. The Balaban J connectivity index is 2.10. The van der Waals surface area contributed by atoms with Crippen LogP contribution in [0.25, 0.3) is 0 Å². The van der Waals surface area contributed by atoms with Crippen molar-refractivity contribution < 1.29 is 4.92 Å². The van der Waals surface area contributed by atoms with E-state index in [0.717, 1.165) is 25.3 Å². The van der Waals surface area contributed by atoms with Gasteiger partial charge in [0.15, 0.2) is 0 Å². The first-order valence-electron chi connectivity index (χ1n) is 5.69. The first kappa shape index (κ1) is 11.8. The number of aromatic nitrogens is 1. The highest BCUT2D eigenvalue weighted by molar-refractivity contribution is 5.43. The lowest BCUT2D eigenvalue weighted by Gasteiger charge is -2.35. The molecule has 0 bridgehead atoms. The van der Waals surface area contributed by atoms with Crippen LogP contribution in [-0.4, -0.2) is 29.0 Å². The van der Waals surface area contributed by atoms with E-state index in [1.807, 2.05) is 0 Å². The summed E-state index contributed by atoms with van der Waals surface area (Å²) < 4.78 is 0. The zero-order valence-corrected chi connectivity index (χ0v) is 9.74. The summed E-state index contributed by atoms with van der Waals surface area (Å²) in [4.78, 5) is 16.3. The Bertz CT molecular complexity index is 406. The van der Waals surface area contributed by atoms with E-state index in [0.29, 0.717) is 5.92 Å². The smallest absolute Gasteiger partial charge is 0.287 e. The lowest BCUT2D eigenvalue weighted by molar-refractivity contribution is -0.385. The summed E-state index contributed by atoms with van der Waals surface area (Å²) in [5.41, 5.74) is 5.97. The molecule has 17 heavy (non-hydrogen) atoms. The van der Waals surface area contributed by atoms with Gasteiger partial charge in [-0.3, -0.25) is 10.1 Å². The number of nitro groups is 1. The van der Waals surface area contributed by atoms with Gasteiger partial charge in [0, 0.05) is 25.2 Å². The predicted molar refractivity (Wildman–Crippen MR) is 64.9 cm³/mol. The number of pyridine rings is 1. The summed E-state index contributed by atoms with van der Waals surface area (Å²) in [5.74, 6) is 1.20. The largest absolute Gasteiger partial charge is 0.356 e. The number of hydrogen-bond donors (Lipinski definition) is 1. The fourth-order valence-corrected chi connectivity index (χ4v) is 2.05. The Morgan fingerprint density at radius 1 is 1.59 bits per heavy atom. The Hall–Kier alpha value is -1.69. The van der Waals surface area contributed by atoms with Crippen molar-refractivity contribution in [1.82, 2.24) is 4.98 Å². The molecule has 0 amide bonds. The van der Waals surface area contributed by atoms with Gasteiger partial charge < -0.3 is 10.6 Å². The van der Waals surface area contributed by atoms with E-state index in [9.17, 15) is 10.1 Å². The van der Waals surface area contributed by atoms with Crippen molar-refractivity contribution in [3.05, 3.63) is 28.4 Å².